The maximum atomic E-state index is 12.2. The highest BCUT2D eigenvalue weighted by Gasteiger charge is 2.24. The van der Waals surface area contributed by atoms with Crippen molar-refractivity contribution in [2.45, 2.75) is 32.7 Å². The number of thiazole rings is 1. The quantitative estimate of drug-likeness (QED) is 0.908. The zero-order valence-electron chi connectivity index (χ0n) is 11.1. The molecule has 1 aliphatic heterocycles. The predicted molar refractivity (Wildman–Crippen MR) is 75.2 cm³/mol. The number of anilines is 2. The van der Waals surface area contributed by atoms with Gasteiger partial charge in [-0.1, -0.05) is 11.3 Å². The summed E-state index contributed by atoms with van der Waals surface area (Å²) in [6.45, 7) is 5.99. The van der Waals surface area contributed by atoms with Gasteiger partial charge in [0.25, 0.3) is 5.91 Å². The number of nitrogen functional groups attached to an aromatic ring is 1. The molecule has 1 amide bonds. The average molecular weight is 268 g/mol. The van der Waals surface area contributed by atoms with Crippen molar-refractivity contribution in [1.82, 2.24) is 9.88 Å². The Morgan fingerprint density at radius 2 is 2.06 bits per heavy atom. The maximum absolute atomic E-state index is 12.2. The van der Waals surface area contributed by atoms with E-state index in [4.69, 9.17) is 5.73 Å². The minimum Gasteiger partial charge on any atom is -0.382 e. The van der Waals surface area contributed by atoms with Gasteiger partial charge in [0.1, 0.15) is 10.7 Å². The van der Waals surface area contributed by atoms with Crippen LogP contribution >= 0.6 is 11.3 Å². The summed E-state index contributed by atoms with van der Waals surface area (Å²) in [6, 6.07) is 0.161. The van der Waals surface area contributed by atoms with Crippen LogP contribution in [0.3, 0.4) is 0 Å². The van der Waals surface area contributed by atoms with E-state index in [0.717, 1.165) is 18.2 Å². The van der Waals surface area contributed by atoms with Gasteiger partial charge in [0.15, 0.2) is 5.13 Å². The molecule has 2 N–H and O–H groups in total. The van der Waals surface area contributed by atoms with Crippen LogP contribution in [0.25, 0.3) is 0 Å². The van der Waals surface area contributed by atoms with Crippen LogP contribution in [0.2, 0.25) is 0 Å². The first-order chi connectivity index (χ1) is 8.50. The first-order valence-electron chi connectivity index (χ1n) is 6.29. The summed E-state index contributed by atoms with van der Waals surface area (Å²) in [5.41, 5.74) is 5.87. The van der Waals surface area contributed by atoms with E-state index >= 15 is 0 Å². The van der Waals surface area contributed by atoms with E-state index in [0.29, 0.717) is 10.7 Å². The zero-order chi connectivity index (χ0) is 13.3. The molecular formula is C12H20N4OS. The summed E-state index contributed by atoms with van der Waals surface area (Å²) < 4.78 is 0. The SMILES string of the molecule is CC(C)N(C)C(=O)c1sc(N2CCCC2)nc1N. The molecule has 6 heteroatoms. The van der Waals surface area contributed by atoms with Gasteiger partial charge in [0.05, 0.1) is 0 Å². The van der Waals surface area contributed by atoms with Crippen molar-refractivity contribution in [3.05, 3.63) is 4.88 Å². The summed E-state index contributed by atoms with van der Waals surface area (Å²) in [7, 11) is 1.79. The largest absolute Gasteiger partial charge is 0.382 e. The molecule has 1 aliphatic rings. The summed E-state index contributed by atoms with van der Waals surface area (Å²) in [4.78, 5) is 21.0. The van der Waals surface area contributed by atoms with E-state index in [1.807, 2.05) is 13.8 Å². The Bertz CT molecular complexity index is 437. The zero-order valence-corrected chi connectivity index (χ0v) is 12.0. The monoisotopic (exact) mass is 268 g/mol. The second kappa shape index (κ2) is 5.14. The van der Waals surface area contributed by atoms with Crippen molar-refractivity contribution in [1.29, 1.82) is 0 Å². The van der Waals surface area contributed by atoms with Crippen LogP contribution in [0, 0.1) is 0 Å². The van der Waals surface area contributed by atoms with Crippen molar-refractivity contribution in [3.63, 3.8) is 0 Å². The number of nitrogens with two attached hydrogens (primary N) is 1. The highest BCUT2D eigenvalue weighted by molar-refractivity contribution is 7.18. The smallest absolute Gasteiger partial charge is 0.267 e. The molecule has 0 spiro atoms. The van der Waals surface area contributed by atoms with Crippen molar-refractivity contribution in [2.24, 2.45) is 0 Å². The van der Waals surface area contributed by atoms with Gasteiger partial charge in [-0.15, -0.1) is 0 Å². The van der Waals surface area contributed by atoms with Crippen LogP contribution in [-0.4, -0.2) is 42.0 Å². The van der Waals surface area contributed by atoms with Gasteiger partial charge >= 0.3 is 0 Å². The van der Waals surface area contributed by atoms with Crippen molar-refractivity contribution in [2.75, 3.05) is 30.8 Å². The summed E-state index contributed by atoms with van der Waals surface area (Å²) in [5, 5.41) is 0.880. The number of nitrogens with zero attached hydrogens (tertiary/aromatic N) is 3. The van der Waals surface area contributed by atoms with E-state index < -0.39 is 0 Å². The third-order valence-electron chi connectivity index (χ3n) is 3.31. The van der Waals surface area contributed by atoms with E-state index in [1.165, 1.54) is 24.2 Å². The highest BCUT2D eigenvalue weighted by atomic mass is 32.1. The van der Waals surface area contributed by atoms with E-state index in [9.17, 15) is 4.79 Å². The van der Waals surface area contributed by atoms with E-state index in [2.05, 4.69) is 9.88 Å². The van der Waals surface area contributed by atoms with Crippen LogP contribution in [0.5, 0.6) is 0 Å². The van der Waals surface area contributed by atoms with Crippen LogP contribution < -0.4 is 10.6 Å². The molecule has 100 valence electrons. The van der Waals surface area contributed by atoms with E-state index in [-0.39, 0.29) is 11.9 Å². The molecule has 0 unspecified atom stereocenters. The molecule has 1 aromatic rings. The molecule has 1 saturated heterocycles. The molecule has 0 bridgehead atoms. The minimum absolute atomic E-state index is 0.0366. The third-order valence-corrected chi connectivity index (χ3v) is 4.43. The fourth-order valence-electron chi connectivity index (χ4n) is 1.91. The molecule has 0 saturated carbocycles. The Morgan fingerprint density at radius 1 is 1.44 bits per heavy atom. The van der Waals surface area contributed by atoms with Gasteiger partial charge in [-0.05, 0) is 26.7 Å². The Hall–Kier alpha value is -1.30. The van der Waals surface area contributed by atoms with Crippen LogP contribution in [0.15, 0.2) is 0 Å². The Morgan fingerprint density at radius 3 is 2.61 bits per heavy atom. The number of rotatable bonds is 3. The molecule has 0 radical (unpaired) electrons. The number of aromatic nitrogens is 1. The molecule has 1 fully saturated rings. The van der Waals surface area contributed by atoms with Gasteiger partial charge in [0, 0.05) is 26.2 Å². The molecular weight excluding hydrogens is 248 g/mol. The molecule has 1 aromatic heterocycles. The molecule has 0 aromatic carbocycles. The third kappa shape index (κ3) is 2.43. The second-order valence-electron chi connectivity index (χ2n) is 4.91. The second-order valence-corrected chi connectivity index (χ2v) is 5.89. The first kappa shape index (κ1) is 13.1. The number of hydrogen-bond acceptors (Lipinski definition) is 5. The Labute approximate surface area is 112 Å². The molecule has 2 heterocycles. The lowest BCUT2D eigenvalue weighted by Gasteiger charge is -2.20. The predicted octanol–water partition coefficient (Wildman–Crippen LogP) is 1.81. The van der Waals surface area contributed by atoms with Gasteiger partial charge in [0.2, 0.25) is 0 Å². The highest BCUT2D eigenvalue weighted by Crippen LogP contribution is 2.31. The fraction of sp³-hybridized carbons (Fsp3) is 0.667. The normalized spacial score (nSPS) is 15.4. The Balaban J connectivity index is 2.21. The van der Waals surface area contributed by atoms with Crippen LogP contribution in [0.1, 0.15) is 36.4 Å². The number of carbonyl (C=O) groups is 1. The summed E-state index contributed by atoms with van der Waals surface area (Å²) in [5.74, 6) is 0.324. The lowest BCUT2D eigenvalue weighted by Crippen LogP contribution is -2.32. The molecule has 18 heavy (non-hydrogen) atoms. The van der Waals surface area contributed by atoms with E-state index in [1.54, 1.807) is 11.9 Å². The standard InChI is InChI=1S/C12H20N4OS/c1-8(2)15(3)11(17)9-10(13)14-12(18-9)16-6-4-5-7-16/h8H,4-7,13H2,1-3H3. The van der Waals surface area contributed by atoms with Gasteiger partial charge in [-0.3, -0.25) is 4.79 Å². The van der Waals surface area contributed by atoms with Crippen molar-refractivity contribution in [3.8, 4) is 0 Å². The lowest BCUT2D eigenvalue weighted by molar-refractivity contribution is 0.0760. The molecule has 0 aliphatic carbocycles. The van der Waals surface area contributed by atoms with Gasteiger partial charge in [-0.2, -0.15) is 0 Å². The van der Waals surface area contributed by atoms with Crippen molar-refractivity contribution >= 4 is 28.2 Å². The minimum atomic E-state index is -0.0366. The lowest BCUT2D eigenvalue weighted by atomic mass is 10.3. The van der Waals surface area contributed by atoms with Crippen LogP contribution in [-0.2, 0) is 0 Å². The topological polar surface area (TPSA) is 62.5 Å². The number of carbonyl (C=O) groups excluding carboxylic acids is 1. The molecule has 0 atom stereocenters. The maximum Gasteiger partial charge on any atom is 0.267 e. The number of hydrogen-bond donors (Lipinski definition) is 1. The number of amides is 1. The Kier molecular flexibility index (Phi) is 3.75. The fourth-order valence-corrected chi connectivity index (χ4v) is 2.93. The average Bonchev–Trinajstić information content (AvgIpc) is 2.95. The van der Waals surface area contributed by atoms with Gasteiger partial charge < -0.3 is 15.5 Å². The van der Waals surface area contributed by atoms with Gasteiger partial charge in [-0.25, -0.2) is 4.98 Å². The summed E-state index contributed by atoms with van der Waals surface area (Å²) >= 11 is 1.41. The molecule has 2 rings (SSSR count). The first-order valence-corrected chi connectivity index (χ1v) is 7.10. The molecule has 5 nitrogen and oxygen atoms in total. The van der Waals surface area contributed by atoms with Crippen LogP contribution in [0.4, 0.5) is 10.9 Å². The summed E-state index contributed by atoms with van der Waals surface area (Å²) in [6.07, 6.45) is 2.38. The van der Waals surface area contributed by atoms with Crippen molar-refractivity contribution < 1.29 is 4.79 Å².